The van der Waals surface area contributed by atoms with E-state index in [1.807, 2.05) is 6.07 Å². The third-order valence-electron chi connectivity index (χ3n) is 4.93. The van der Waals surface area contributed by atoms with E-state index in [1.165, 1.54) is 11.2 Å². The summed E-state index contributed by atoms with van der Waals surface area (Å²) in [7, 11) is 1.56. The Kier molecular flexibility index (Phi) is 4.91. The Balaban J connectivity index is 1.85. The van der Waals surface area contributed by atoms with Crippen molar-refractivity contribution >= 4 is 17.4 Å². The largest absolute Gasteiger partial charge is 0.507 e. The Morgan fingerprint density at radius 3 is 2.38 bits per heavy atom. The molecule has 1 N–H and O–H groups in total. The van der Waals surface area contributed by atoms with E-state index in [0.717, 1.165) is 0 Å². The highest BCUT2D eigenvalue weighted by Crippen LogP contribution is 2.40. The minimum Gasteiger partial charge on any atom is -0.507 e. The van der Waals surface area contributed by atoms with Crippen molar-refractivity contribution in [1.29, 1.82) is 0 Å². The Hall–Kier alpha value is -3.80. The molecule has 29 heavy (non-hydrogen) atoms. The third kappa shape index (κ3) is 3.40. The summed E-state index contributed by atoms with van der Waals surface area (Å²) in [6.45, 7) is 0.111. The van der Waals surface area contributed by atoms with Crippen molar-refractivity contribution in [3.05, 3.63) is 95.5 Å². The number of Topliss-reactive ketones (excluding diaryl/α,β-unsaturated/α-hetero) is 1. The van der Waals surface area contributed by atoms with Gasteiger partial charge in [-0.05, 0) is 29.8 Å². The van der Waals surface area contributed by atoms with Crippen LogP contribution in [0, 0.1) is 0 Å². The van der Waals surface area contributed by atoms with Crippen LogP contribution in [0.1, 0.15) is 22.9 Å². The second-order valence-electron chi connectivity index (χ2n) is 6.65. The van der Waals surface area contributed by atoms with Gasteiger partial charge in [-0.2, -0.15) is 0 Å². The van der Waals surface area contributed by atoms with Crippen molar-refractivity contribution < 1.29 is 23.8 Å². The van der Waals surface area contributed by atoms with Gasteiger partial charge < -0.3 is 19.2 Å². The molecular weight excluding hydrogens is 370 g/mol. The molecule has 6 heteroatoms. The molecule has 0 unspecified atom stereocenters. The smallest absolute Gasteiger partial charge is 0.296 e. The van der Waals surface area contributed by atoms with E-state index in [2.05, 4.69) is 0 Å². The predicted molar refractivity (Wildman–Crippen MR) is 106 cm³/mol. The van der Waals surface area contributed by atoms with Crippen molar-refractivity contribution in [2.24, 2.45) is 0 Å². The maximum Gasteiger partial charge on any atom is 0.296 e. The van der Waals surface area contributed by atoms with Crippen molar-refractivity contribution in [2.75, 3.05) is 7.11 Å². The van der Waals surface area contributed by atoms with Crippen LogP contribution in [0.2, 0.25) is 0 Å². The lowest BCUT2D eigenvalue weighted by atomic mass is 9.95. The van der Waals surface area contributed by atoms with Gasteiger partial charge in [-0.25, -0.2) is 0 Å². The van der Waals surface area contributed by atoms with Crippen LogP contribution in [0.4, 0.5) is 0 Å². The van der Waals surface area contributed by atoms with Crippen molar-refractivity contribution in [1.82, 2.24) is 4.90 Å². The van der Waals surface area contributed by atoms with Gasteiger partial charge >= 0.3 is 0 Å². The molecule has 1 fully saturated rings. The molecule has 2 heterocycles. The molecule has 4 rings (SSSR count). The molecule has 0 aliphatic carbocycles. The molecule has 0 saturated carbocycles. The lowest BCUT2D eigenvalue weighted by molar-refractivity contribution is -0.140. The molecule has 1 amide bonds. The number of aliphatic hydroxyl groups is 1. The summed E-state index contributed by atoms with van der Waals surface area (Å²) >= 11 is 0. The van der Waals surface area contributed by atoms with Gasteiger partial charge in [0.2, 0.25) is 0 Å². The molecule has 0 spiro atoms. The van der Waals surface area contributed by atoms with Gasteiger partial charge in [0.25, 0.3) is 11.7 Å². The number of rotatable bonds is 5. The molecule has 1 saturated heterocycles. The minimum absolute atomic E-state index is 0.0536. The normalized spacial score (nSPS) is 18.2. The van der Waals surface area contributed by atoms with E-state index in [0.29, 0.717) is 22.6 Å². The molecule has 6 nitrogen and oxygen atoms in total. The van der Waals surface area contributed by atoms with E-state index in [9.17, 15) is 14.7 Å². The monoisotopic (exact) mass is 389 g/mol. The molecule has 1 aliphatic rings. The second-order valence-corrected chi connectivity index (χ2v) is 6.65. The summed E-state index contributed by atoms with van der Waals surface area (Å²) < 4.78 is 10.6. The molecule has 3 aromatic rings. The fraction of sp³-hybridized carbons (Fsp3) is 0.130. The predicted octanol–water partition coefficient (Wildman–Crippen LogP) is 3.91. The quantitative estimate of drug-likeness (QED) is 0.407. The first-order valence-corrected chi connectivity index (χ1v) is 9.10. The lowest BCUT2D eigenvalue weighted by Gasteiger charge is -2.24. The maximum absolute atomic E-state index is 12.9. The highest BCUT2D eigenvalue weighted by molar-refractivity contribution is 6.46. The SMILES string of the molecule is COc1ccc([C@H]2C(=C(O)c3ccccc3)C(=O)C(=O)N2Cc2ccco2)cc1. The highest BCUT2D eigenvalue weighted by Gasteiger charge is 2.46. The van der Waals surface area contributed by atoms with Crippen molar-refractivity contribution in [2.45, 2.75) is 12.6 Å². The number of amides is 1. The Morgan fingerprint density at radius 2 is 1.76 bits per heavy atom. The fourth-order valence-electron chi connectivity index (χ4n) is 3.50. The number of ether oxygens (including phenoxy) is 1. The number of carbonyl (C=O) groups is 2. The van der Waals surface area contributed by atoms with Crippen molar-refractivity contribution in [3.63, 3.8) is 0 Å². The Morgan fingerprint density at radius 1 is 1.03 bits per heavy atom. The van der Waals surface area contributed by atoms with E-state index in [-0.39, 0.29) is 17.9 Å². The summed E-state index contributed by atoms with van der Waals surface area (Å²) in [6, 6.07) is 18.5. The van der Waals surface area contributed by atoms with Crippen LogP contribution in [-0.2, 0) is 16.1 Å². The number of ketones is 1. The standard InChI is InChI=1S/C23H19NO5/c1-28-17-11-9-15(10-12-17)20-19(21(25)16-6-3-2-4-7-16)22(26)23(27)24(20)14-18-8-5-13-29-18/h2-13,20,25H,14H2,1H3/t20-/m0/s1. The molecule has 1 aromatic heterocycles. The van der Waals surface area contributed by atoms with E-state index < -0.39 is 17.7 Å². The van der Waals surface area contributed by atoms with Crippen LogP contribution < -0.4 is 4.74 Å². The third-order valence-corrected chi connectivity index (χ3v) is 4.93. The van der Waals surface area contributed by atoms with E-state index in [1.54, 1.807) is 67.8 Å². The molecular formula is C23H19NO5. The first kappa shape index (κ1) is 18.6. The van der Waals surface area contributed by atoms with Gasteiger partial charge in [0, 0.05) is 5.56 Å². The minimum atomic E-state index is -0.744. The zero-order valence-corrected chi connectivity index (χ0v) is 15.7. The fourth-order valence-corrected chi connectivity index (χ4v) is 3.50. The van der Waals surface area contributed by atoms with Gasteiger partial charge in [0.1, 0.15) is 17.3 Å². The van der Waals surface area contributed by atoms with Crippen LogP contribution >= 0.6 is 0 Å². The molecule has 1 aliphatic heterocycles. The number of hydrogen-bond acceptors (Lipinski definition) is 5. The summed E-state index contributed by atoms with van der Waals surface area (Å²) in [5, 5.41) is 10.9. The first-order chi connectivity index (χ1) is 14.1. The summed E-state index contributed by atoms with van der Waals surface area (Å²) in [5.41, 5.74) is 1.22. The van der Waals surface area contributed by atoms with Gasteiger partial charge in [-0.3, -0.25) is 9.59 Å². The topological polar surface area (TPSA) is 80.0 Å². The van der Waals surface area contributed by atoms with E-state index >= 15 is 0 Å². The van der Waals surface area contributed by atoms with Crippen LogP contribution in [0.25, 0.3) is 5.76 Å². The number of hydrogen-bond donors (Lipinski definition) is 1. The van der Waals surface area contributed by atoms with E-state index in [4.69, 9.17) is 9.15 Å². The average molecular weight is 389 g/mol. The van der Waals surface area contributed by atoms with Gasteiger partial charge in [-0.1, -0.05) is 42.5 Å². The van der Waals surface area contributed by atoms with Crippen molar-refractivity contribution in [3.8, 4) is 5.75 Å². The number of aliphatic hydroxyl groups excluding tert-OH is 1. The van der Waals surface area contributed by atoms with Crippen LogP contribution in [0.5, 0.6) is 5.75 Å². The Bertz CT molecular complexity index is 1050. The number of benzene rings is 2. The molecule has 0 radical (unpaired) electrons. The highest BCUT2D eigenvalue weighted by atomic mass is 16.5. The van der Waals surface area contributed by atoms with Gasteiger partial charge in [0.05, 0.1) is 31.5 Å². The maximum atomic E-state index is 12.9. The summed E-state index contributed by atoms with van der Waals surface area (Å²) in [4.78, 5) is 27.2. The van der Waals surface area contributed by atoms with Crippen LogP contribution in [-0.4, -0.2) is 28.8 Å². The number of furan rings is 1. The lowest BCUT2D eigenvalue weighted by Crippen LogP contribution is -2.29. The summed E-state index contributed by atoms with van der Waals surface area (Å²) in [5.74, 6) is -0.407. The number of methoxy groups -OCH3 is 1. The number of likely N-dealkylation sites (tertiary alicyclic amines) is 1. The zero-order valence-electron chi connectivity index (χ0n) is 15.7. The zero-order chi connectivity index (χ0) is 20.4. The van der Waals surface area contributed by atoms with Gasteiger partial charge in [0.15, 0.2) is 0 Å². The van der Waals surface area contributed by atoms with Crippen LogP contribution in [0.15, 0.2) is 83.0 Å². The van der Waals surface area contributed by atoms with Gasteiger partial charge in [-0.15, -0.1) is 0 Å². The molecule has 1 atom stereocenters. The first-order valence-electron chi connectivity index (χ1n) is 9.10. The second kappa shape index (κ2) is 7.67. The molecule has 146 valence electrons. The Labute approximate surface area is 167 Å². The summed E-state index contributed by atoms with van der Waals surface area (Å²) in [6.07, 6.45) is 1.51. The molecule has 0 bridgehead atoms. The average Bonchev–Trinajstić information content (AvgIpc) is 3.36. The number of carbonyl (C=O) groups excluding carboxylic acids is 2. The number of nitrogens with zero attached hydrogens (tertiary/aromatic N) is 1. The molecule has 2 aromatic carbocycles. The van der Waals surface area contributed by atoms with Crippen LogP contribution in [0.3, 0.4) is 0 Å².